The monoisotopic (exact) mass is 724 g/mol. The number of furan rings is 1. The van der Waals surface area contributed by atoms with Crippen molar-refractivity contribution in [3.63, 3.8) is 0 Å². The number of fused-ring (bicyclic) bond motifs is 7. The highest BCUT2D eigenvalue weighted by Crippen LogP contribution is 2.46. The van der Waals surface area contributed by atoms with Gasteiger partial charge in [0.05, 0.1) is 29.7 Å². The number of para-hydroxylation sites is 1. The Hall–Kier alpha value is -5.46. The largest absolute Gasteiger partial charge is 0.453 e. The number of nitrogens with zero attached hydrogens (tertiary/aromatic N) is 4. The van der Waals surface area contributed by atoms with Gasteiger partial charge < -0.3 is 13.7 Å². The Labute approximate surface area is 322 Å². The molecular weight excluding hydrogens is 677 g/mol. The number of aromatic nitrogens is 4. The van der Waals surface area contributed by atoms with Crippen LogP contribution in [0.25, 0.3) is 60.9 Å². The van der Waals surface area contributed by atoms with Crippen molar-refractivity contribution in [3.8, 4) is 27.9 Å². The van der Waals surface area contributed by atoms with E-state index in [4.69, 9.17) is 19.1 Å². The van der Waals surface area contributed by atoms with Gasteiger partial charge in [0.25, 0.3) is 0 Å². The van der Waals surface area contributed by atoms with E-state index in [1.54, 1.807) is 0 Å². The van der Waals surface area contributed by atoms with Crippen molar-refractivity contribution in [2.75, 3.05) is 6.61 Å². The first kappa shape index (κ1) is 34.1. The third-order valence-electron chi connectivity index (χ3n) is 12.3. The van der Waals surface area contributed by atoms with Gasteiger partial charge in [0.2, 0.25) is 0 Å². The molecule has 0 unspecified atom stereocenters. The van der Waals surface area contributed by atoms with Gasteiger partial charge in [-0.25, -0.2) is 9.97 Å². The second-order valence-corrected chi connectivity index (χ2v) is 16.4. The molecule has 276 valence electrons. The molecule has 2 aliphatic carbocycles. The molecule has 0 bridgehead atoms. The van der Waals surface area contributed by atoms with Crippen LogP contribution in [-0.4, -0.2) is 25.7 Å². The molecule has 3 heterocycles. The average Bonchev–Trinajstić information content (AvgIpc) is 4.01. The minimum atomic E-state index is 0.208. The van der Waals surface area contributed by atoms with E-state index in [9.17, 15) is 0 Å². The Balaban J connectivity index is 1.06. The molecule has 6 heteroatoms. The highest BCUT2D eigenvalue weighted by Gasteiger charge is 2.29. The van der Waals surface area contributed by atoms with Gasteiger partial charge in [-0.15, -0.1) is 0 Å². The lowest BCUT2D eigenvalue weighted by Crippen LogP contribution is -2.11. The fourth-order valence-corrected chi connectivity index (χ4v) is 9.35. The Morgan fingerprint density at radius 1 is 0.709 bits per heavy atom. The van der Waals surface area contributed by atoms with Crippen molar-refractivity contribution in [2.45, 2.75) is 90.2 Å². The number of ether oxygens (including phenoxy) is 1. The van der Waals surface area contributed by atoms with Crippen LogP contribution >= 0.6 is 0 Å². The molecular formula is C49H48N4O2. The summed E-state index contributed by atoms with van der Waals surface area (Å²) in [7, 11) is 0. The second kappa shape index (κ2) is 13.7. The topological polar surface area (TPSA) is 58.0 Å². The summed E-state index contributed by atoms with van der Waals surface area (Å²) < 4.78 is 18.1. The lowest BCUT2D eigenvalue weighted by molar-refractivity contribution is 0.0746. The molecule has 1 fully saturated rings. The fourth-order valence-electron chi connectivity index (χ4n) is 9.35. The van der Waals surface area contributed by atoms with E-state index in [1.165, 1.54) is 65.5 Å². The van der Waals surface area contributed by atoms with Crippen LogP contribution in [0.4, 0.5) is 0 Å². The Kier molecular flexibility index (Phi) is 8.47. The molecule has 8 aromatic rings. The van der Waals surface area contributed by atoms with E-state index >= 15 is 0 Å². The van der Waals surface area contributed by atoms with Gasteiger partial charge in [0, 0.05) is 46.1 Å². The summed E-state index contributed by atoms with van der Waals surface area (Å²) >= 11 is 0. The average molecular weight is 725 g/mol. The SMILES string of the molecule is CC(C)c1cc(-c2cccc3c2ncn3COCC2c3ccccc3-c3ccccc32)c2oc3c(-n4ccnc4C4CCCCC4)cc(C(C)C)cc3c2c1. The number of rotatable bonds is 9. The molecule has 55 heavy (non-hydrogen) atoms. The first-order valence-electron chi connectivity index (χ1n) is 20.2. The molecule has 0 radical (unpaired) electrons. The van der Waals surface area contributed by atoms with E-state index in [2.05, 4.69) is 134 Å². The summed E-state index contributed by atoms with van der Waals surface area (Å²) in [6.07, 6.45) is 12.3. The van der Waals surface area contributed by atoms with E-state index in [-0.39, 0.29) is 5.92 Å². The summed E-state index contributed by atoms with van der Waals surface area (Å²) in [4.78, 5) is 9.99. The molecule has 3 aromatic heterocycles. The number of hydrogen-bond donors (Lipinski definition) is 0. The van der Waals surface area contributed by atoms with Gasteiger partial charge in [-0.05, 0) is 88.4 Å². The molecule has 2 aliphatic rings. The number of hydrogen-bond acceptors (Lipinski definition) is 4. The second-order valence-electron chi connectivity index (χ2n) is 16.4. The highest BCUT2D eigenvalue weighted by molar-refractivity contribution is 6.13. The lowest BCUT2D eigenvalue weighted by atomic mass is 9.88. The van der Waals surface area contributed by atoms with E-state index in [1.807, 2.05) is 12.5 Å². The molecule has 1 saturated carbocycles. The van der Waals surface area contributed by atoms with Crippen LogP contribution in [0.3, 0.4) is 0 Å². The predicted octanol–water partition coefficient (Wildman–Crippen LogP) is 12.9. The zero-order valence-corrected chi connectivity index (χ0v) is 32.3. The van der Waals surface area contributed by atoms with Gasteiger partial charge in [-0.2, -0.15) is 0 Å². The maximum absolute atomic E-state index is 7.13. The van der Waals surface area contributed by atoms with Crippen LogP contribution in [0, 0.1) is 0 Å². The van der Waals surface area contributed by atoms with Crippen molar-refractivity contribution in [2.24, 2.45) is 0 Å². The van der Waals surface area contributed by atoms with Crippen LogP contribution in [0.15, 0.2) is 114 Å². The molecule has 0 N–H and O–H groups in total. The Morgan fingerprint density at radius 2 is 1.38 bits per heavy atom. The zero-order chi connectivity index (χ0) is 37.2. The van der Waals surface area contributed by atoms with Crippen molar-refractivity contribution in [3.05, 3.63) is 138 Å². The van der Waals surface area contributed by atoms with Gasteiger partial charge in [-0.3, -0.25) is 4.57 Å². The minimum absolute atomic E-state index is 0.208. The van der Waals surface area contributed by atoms with Crippen LogP contribution in [0.2, 0.25) is 0 Å². The van der Waals surface area contributed by atoms with Crippen molar-refractivity contribution >= 4 is 33.0 Å². The fraction of sp³-hybridized carbons (Fsp3) is 0.306. The Bertz CT molecular complexity index is 2660. The number of benzene rings is 5. The standard InChI is InChI=1S/C49H48N4O2/c1-30(2)33-23-40(47-41(24-33)42-25-34(31(3)4)26-45(48(42)55-47)53-22-21-50-49(53)32-13-6-5-7-14-32)39-19-12-20-44-46(39)51-28-52(44)29-54-27-43-37-17-10-8-15-35(37)36-16-9-11-18-38(36)43/h8-12,15-26,28,30-32,43H,5-7,13-14,27,29H2,1-4H3. The normalized spacial score (nSPS) is 14.9. The van der Waals surface area contributed by atoms with Gasteiger partial charge in [0.15, 0.2) is 5.58 Å². The first-order valence-corrected chi connectivity index (χ1v) is 20.2. The van der Waals surface area contributed by atoms with Crippen LogP contribution in [0.1, 0.15) is 112 Å². The van der Waals surface area contributed by atoms with Crippen molar-refractivity contribution < 1.29 is 9.15 Å². The highest BCUT2D eigenvalue weighted by atomic mass is 16.5. The molecule has 0 spiro atoms. The predicted molar refractivity (Wildman–Crippen MR) is 223 cm³/mol. The Morgan fingerprint density at radius 3 is 2.11 bits per heavy atom. The van der Waals surface area contributed by atoms with E-state index < -0.39 is 0 Å². The summed E-state index contributed by atoms with van der Waals surface area (Å²) in [6, 6.07) is 33.3. The van der Waals surface area contributed by atoms with Crippen LogP contribution < -0.4 is 0 Å². The van der Waals surface area contributed by atoms with Gasteiger partial charge >= 0.3 is 0 Å². The smallest absolute Gasteiger partial charge is 0.159 e. The summed E-state index contributed by atoms with van der Waals surface area (Å²) in [5, 5.41) is 2.31. The third-order valence-corrected chi connectivity index (χ3v) is 12.3. The molecule has 0 aliphatic heterocycles. The van der Waals surface area contributed by atoms with E-state index in [0.29, 0.717) is 31.1 Å². The molecule has 5 aromatic carbocycles. The maximum atomic E-state index is 7.13. The van der Waals surface area contributed by atoms with Gasteiger partial charge in [-0.1, -0.05) is 108 Å². The third kappa shape index (κ3) is 5.72. The number of imidazole rings is 2. The minimum Gasteiger partial charge on any atom is -0.453 e. The maximum Gasteiger partial charge on any atom is 0.159 e. The molecule has 0 atom stereocenters. The summed E-state index contributed by atoms with van der Waals surface area (Å²) in [5.74, 6) is 2.53. The first-order chi connectivity index (χ1) is 26.9. The summed E-state index contributed by atoms with van der Waals surface area (Å²) in [6.45, 7) is 10.1. The lowest BCUT2D eigenvalue weighted by Gasteiger charge is -2.22. The van der Waals surface area contributed by atoms with Crippen LogP contribution in [-0.2, 0) is 11.5 Å². The summed E-state index contributed by atoms with van der Waals surface area (Å²) in [5.41, 5.74) is 14.9. The quantitative estimate of drug-likeness (QED) is 0.149. The molecule has 10 rings (SSSR count). The van der Waals surface area contributed by atoms with Crippen molar-refractivity contribution in [1.82, 2.24) is 19.1 Å². The molecule has 0 amide bonds. The van der Waals surface area contributed by atoms with Crippen molar-refractivity contribution in [1.29, 1.82) is 0 Å². The zero-order valence-electron chi connectivity index (χ0n) is 32.3. The van der Waals surface area contributed by atoms with Gasteiger partial charge in [0.1, 0.15) is 18.1 Å². The van der Waals surface area contributed by atoms with E-state index in [0.717, 1.165) is 55.6 Å². The molecule has 0 saturated heterocycles. The molecule has 6 nitrogen and oxygen atoms in total. The van der Waals surface area contributed by atoms with Crippen LogP contribution in [0.5, 0.6) is 0 Å².